The standard InChI is InChI=1S/C41H28BrN/c42-41(32-18-9-16-30(24-32)31-17-11-23-43-27-31)26-38-37(34-19-7-8-22-39(34)41)25-36(29-14-5-2-6-15-29)35-21-10-20-33(40(35)38)28-12-3-1-4-13-28/h1-25,27H,26H2. The van der Waals surface area contributed by atoms with Crippen LogP contribution in [0.4, 0.5) is 0 Å². The minimum atomic E-state index is -0.403. The van der Waals surface area contributed by atoms with E-state index in [4.69, 9.17) is 0 Å². The van der Waals surface area contributed by atoms with Crippen molar-refractivity contribution in [3.05, 3.63) is 175 Å². The van der Waals surface area contributed by atoms with Crippen LogP contribution in [0.2, 0.25) is 0 Å². The van der Waals surface area contributed by atoms with Gasteiger partial charge in [-0.3, -0.25) is 4.98 Å². The minimum absolute atomic E-state index is 0.403. The summed E-state index contributed by atoms with van der Waals surface area (Å²) in [6, 6.07) is 52.8. The molecule has 0 bridgehead atoms. The van der Waals surface area contributed by atoms with Crippen molar-refractivity contribution in [2.24, 2.45) is 0 Å². The second-order valence-electron chi connectivity index (χ2n) is 11.3. The predicted molar refractivity (Wildman–Crippen MR) is 183 cm³/mol. The molecule has 43 heavy (non-hydrogen) atoms. The van der Waals surface area contributed by atoms with Crippen LogP contribution in [-0.2, 0) is 10.7 Å². The van der Waals surface area contributed by atoms with Gasteiger partial charge in [-0.25, -0.2) is 0 Å². The lowest BCUT2D eigenvalue weighted by Crippen LogP contribution is -2.28. The van der Waals surface area contributed by atoms with Crippen LogP contribution in [0.25, 0.3) is 55.3 Å². The zero-order valence-electron chi connectivity index (χ0n) is 23.5. The summed E-state index contributed by atoms with van der Waals surface area (Å²) in [6.07, 6.45) is 4.59. The molecule has 0 aliphatic heterocycles. The second kappa shape index (κ2) is 10.5. The number of fused-ring (bicyclic) bond motifs is 5. The van der Waals surface area contributed by atoms with Gasteiger partial charge in [0.25, 0.3) is 0 Å². The van der Waals surface area contributed by atoms with Crippen LogP contribution < -0.4 is 0 Å². The molecule has 1 aromatic heterocycles. The number of pyridine rings is 1. The third-order valence-electron chi connectivity index (χ3n) is 8.82. The van der Waals surface area contributed by atoms with Gasteiger partial charge in [0.05, 0.1) is 4.32 Å². The topological polar surface area (TPSA) is 12.9 Å². The molecule has 1 heterocycles. The van der Waals surface area contributed by atoms with Crippen LogP contribution >= 0.6 is 15.9 Å². The highest BCUT2D eigenvalue weighted by Gasteiger charge is 2.39. The van der Waals surface area contributed by atoms with Gasteiger partial charge < -0.3 is 0 Å². The van der Waals surface area contributed by atoms with Gasteiger partial charge in [-0.15, -0.1) is 0 Å². The molecule has 0 amide bonds. The summed E-state index contributed by atoms with van der Waals surface area (Å²) in [4.78, 5) is 4.38. The van der Waals surface area contributed by atoms with Crippen LogP contribution in [0.1, 0.15) is 16.7 Å². The molecule has 0 N–H and O–H groups in total. The van der Waals surface area contributed by atoms with Crippen molar-refractivity contribution in [3.8, 4) is 44.5 Å². The third kappa shape index (κ3) is 4.33. The van der Waals surface area contributed by atoms with Crippen molar-refractivity contribution in [2.75, 3.05) is 0 Å². The van der Waals surface area contributed by atoms with Crippen molar-refractivity contribution in [1.82, 2.24) is 4.98 Å². The van der Waals surface area contributed by atoms with E-state index in [0.29, 0.717) is 0 Å². The SMILES string of the molecule is BrC1(c2cccc(-c3cccnc3)c2)Cc2c(cc(-c3ccccc3)c3cccc(-c4ccccc4)c23)-c2ccccc21. The monoisotopic (exact) mass is 613 g/mol. The molecule has 1 aliphatic rings. The molecule has 0 fully saturated rings. The molecule has 1 atom stereocenters. The maximum Gasteiger partial charge on any atom is 0.0801 e. The number of halogens is 1. The normalized spacial score (nSPS) is 15.6. The average Bonchev–Trinajstić information content (AvgIpc) is 3.09. The molecule has 0 spiro atoms. The Bertz CT molecular complexity index is 2100. The summed E-state index contributed by atoms with van der Waals surface area (Å²) in [5.74, 6) is 0. The molecular formula is C41H28BrN. The van der Waals surface area contributed by atoms with E-state index >= 15 is 0 Å². The molecule has 2 heteroatoms. The van der Waals surface area contributed by atoms with Gasteiger partial charge in [0, 0.05) is 12.4 Å². The van der Waals surface area contributed by atoms with E-state index in [1.54, 1.807) is 0 Å². The lowest BCUT2D eigenvalue weighted by molar-refractivity contribution is 0.747. The van der Waals surface area contributed by atoms with Gasteiger partial charge in [0.15, 0.2) is 0 Å². The van der Waals surface area contributed by atoms with E-state index in [2.05, 4.69) is 160 Å². The summed E-state index contributed by atoms with van der Waals surface area (Å²) >= 11 is 4.39. The molecular weight excluding hydrogens is 586 g/mol. The lowest BCUT2D eigenvalue weighted by Gasteiger charge is -2.37. The number of aromatic nitrogens is 1. The Labute approximate surface area is 260 Å². The number of hydrogen-bond acceptors (Lipinski definition) is 1. The molecule has 6 aromatic carbocycles. The third-order valence-corrected chi connectivity index (χ3v) is 9.98. The first-order valence-corrected chi connectivity index (χ1v) is 15.5. The van der Waals surface area contributed by atoms with Crippen molar-refractivity contribution < 1.29 is 0 Å². The highest BCUT2D eigenvalue weighted by Crippen LogP contribution is 2.54. The molecule has 0 saturated heterocycles. The summed E-state index contributed by atoms with van der Waals surface area (Å²) in [5, 5.41) is 2.61. The van der Waals surface area contributed by atoms with E-state index in [0.717, 1.165) is 12.0 Å². The van der Waals surface area contributed by atoms with E-state index in [1.807, 2.05) is 18.5 Å². The average molecular weight is 615 g/mol. The van der Waals surface area contributed by atoms with E-state index in [-0.39, 0.29) is 0 Å². The minimum Gasteiger partial charge on any atom is -0.264 e. The second-order valence-corrected chi connectivity index (χ2v) is 12.6. The molecule has 1 nitrogen and oxygen atoms in total. The largest absolute Gasteiger partial charge is 0.264 e. The van der Waals surface area contributed by atoms with Crippen LogP contribution in [0.5, 0.6) is 0 Å². The highest BCUT2D eigenvalue weighted by molar-refractivity contribution is 9.09. The zero-order chi connectivity index (χ0) is 28.8. The van der Waals surface area contributed by atoms with Crippen LogP contribution in [-0.4, -0.2) is 4.98 Å². The number of benzene rings is 6. The Morgan fingerprint density at radius 1 is 0.512 bits per heavy atom. The molecule has 0 saturated carbocycles. The first-order valence-electron chi connectivity index (χ1n) is 14.7. The number of hydrogen-bond donors (Lipinski definition) is 0. The summed E-state index contributed by atoms with van der Waals surface area (Å²) in [7, 11) is 0. The van der Waals surface area contributed by atoms with Gasteiger partial charge in [-0.2, -0.15) is 0 Å². The Balaban J connectivity index is 1.44. The molecule has 204 valence electrons. The summed E-state index contributed by atoms with van der Waals surface area (Å²) < 4.78 is -0.403. The van der Waals surface area contributed by atoms with E-state index in [1.165, 1.54) is 66.4 Å². The van der Waals surface area contributed by atoms with Gasteiger partial charge in [0.2, 0.25) is 0 Å². The van der Waals surface area contributed by atoms with Crippen LogP contribution in [0.15, 0.2) is 158 Å². The number of nitrogens with zero attached hydrogens (tertiary/aromatic N) is 1. The van der Waals surface area contributed by atoms with Crippen molar-refractivity contribution in [3.63, 3.8) is 0 Å². The molecule has 8 rings (SSSR count). The number of alkyl halides is 1. The molecule has 0 radical (unpaired) electrons. The van der Waals surface area contributed by atoms with E-state index < -0.39 is 4.32 Å². The van der Waals surface area contributed by atoms with Crippen molar-refractivity contribution in [2.45, 2.75) is 10.7 Å². The van der Waals surface area contributed by atoms with Crippen molar-refractivity contribution >= 4 is 26.7 Å². The zero-order valence-corrected chi connectivity index (χ0v) is 25.1. The van der Waals surface area contributed by atoms with E-state index in [9.17, 15) is 0 Å². The van der Waals surface area contributed by atoms with Gasteiger partial charge in [-0.05, 0) is 96.6 Å². The molecule has 1 unspecified atom stereocenters. The Morgan fingerprint density at radius 2 is 1.16 bits per heavy atom. The fourth-order valence-corrected chi connectivity index (χ4v) is 7.70. The maximum atomic E-state index is 4.39. The molecule has 1 aliphatic carbocycles. The first kappa shape index (κ1) is 25.9. The van der Waals surface area contributed by atoms with Gasteiger partial charge in [0.1, 0.15) is 0 Å². The highest BCUT2D eigenvalue weighted by atomic mass is 79.9. The number of rotatable bonds is 4. The fourth-order valence-electron chi connectivity index (χ4n) is 6.82. The smallest absolute Gasteiger partial charge is 0.0801 e. The first-order chi connectivity index (χ1) is 21.2. The fraction of sp³-hybridized carbons (Fsp3) is 0.0488. The Morgan fingerprint density at radius 3 is 1.93 bits per heavy atom. The Hall–Kier alpha value is -4.79. The summed E-state index contributed by atoms with van der Waals surface area (Å²) in [6.45, 7) is 0. The van der Waals surface area contributed by atoms with Crippen molar-refractivity contribution in [1.29, 1.82) is 0 Å². The van der Waals surface area contributed by atoms with Crippen LogP contribution in [0.3, 0.4) is 0 Å². The summed E-state index contributed by atoms with van der Waals surface area (Å²) in [5.41, 5.74) is 13.8. The lowest BCUT2D eigenvalue weighted by atomic mass is 9.72. The van der Waals surface area contributed by atoms with Gasteiger partial charge >= 0.3 is 0 Å². The predicted octanol–water partition coefficient (Wildman–Crippen LogP) is 11.1. The van der Waals surface area contributed by atoms with Crippen LogP contribution in [0, 0.1) is 0 Å². The Kier molecular flexibility index (Phi) is 6.31. The molecule has 7 aromatic rings. The quantitative estimate of drug-likeness (QED) is 0.180. The van der Waals surface area contributed by atoms with Gasteiger partial charge in [-0.1, -0.05) is 143 Å². The maximum absolute atomic E-state index is 4.39.